The van der Waals surface area contributed by atoms with E-state index in [0.717, 1.165) is 17.2 Å². The summed E-state index contributed by atoms with van der Waals surface area (Å²) in [6.07, 6.45) is 0.882. The second-order valence-electron chi connectivity index (χ2n) is 4.57. The van der Waals surface area contributed by atoms with E-state index in [9.17, 15) is 13.2 Å². The molecule has 0 fully saturated rings. The Morgan fingerprint density at radius 3 is 2.75 bits per heavy atom. The molecule has 1 aromatic carbocycles. The summed E-state index contributed by atoms with van der Waals surface area (Å²) in [6, 6.07) is 6.88. The number of aromatic nitrogens is 1. The molecule has 7 heteroatoms. The molecule has 108 valence electrons. The van der Waals surface area contributed by atoms with E-state index in [1.165, 1.54) is 0 Å². The molecule has 0 amide bonds. The number of aryl methyl sites for hydroxylation is 1. The van der Waals surface area contributed by atoms with Gasteiger partial charge in [-0.25, -0.2) is 8.42 Å². The smallest absolute Gasteiger partial charge is 0.229 e. The number of H-pyrrole nitrogens is 1. The number of nitrogens with zero attached hydrogens (tertiary/aromatic N) is 1. The molecule has 0 saturated carbocycles. The molecule has 0 radical (unpaired) electrons. The van der Waals surface area contributed by atoms with Crippen molar-refractivity contribution in [2.45, 2.75) is 13.3 Å². The van der Waals surface area contributed by atoms with Crippen molar-refractivity contribution in [3.63, 3.8) is 0 Å². The maximum atomic E-state index is 11.6. The summed E-state index contributed by atoms with van der Waals surface area (Å²) < 4.78 is 25.0. The predicted octanol–water partition coefficient (Wildman–Crippen LogP) is 2.44. The Hall–Kier alpha value is -2.33. The molecule has 0 aliphatic rings. The number of aromatic amines is 1. The first kappa shape index (κ1) is 14.1. The van der Waals surface area contributed by atoms with E-state index in [1.807, 2.05) is 0 Å². The van der Waals surface area contributed by atoms with Crippen LogP contribution in [0, 0.1) is 18.3 Å². The van der Waals surface area contributed by atoms with Gasteiger partial charge in [-0.2, -0.15) is 5.26 Å². The van der Waals surface area contributed by atoms with Crippen molar-refractivity contribution in [2.75, 3.05) is 11.0 Å². The average Bonchev–Trinajstić information content (AvgIpc) is 2.71. The molecule has 0 spiro atoms. The minimum Gasteiger partial charge on any atom is -0.352 e. The highest BCUT2D eigenvalue weighted by atomic mass is 32.2. The van der Waals surface area contributed by atoms with E-state index in [0.29, 0.717) is 16.9 Å². The highest BCUT2D eigenvalue weighted by Gasteiger charge is 2.12. The van der Waals surface area contributed by atoms with Crippen molar-refractivity contribution in [3.8, 4) is 6.07 Å². The van der Waals surface area contributed by atoms with Gasteiger partial charge in [0.15, 0.2) is 5.78 Å². The summed E-state index contributed by atoms with van der Waals surface area (Å²) in [6.45, 7) is 1.77. The number of anilines is 1. The van der Waals surface area contributed by atoms with Crippen molar-refractivity contribution in [1.29, 1.82) is 5.26 Å². The minimum absolute atomic E-state index is 0. The van der Waals surface area contributed by atoms with Gasteiger partial charge < -0.3 is 4.98 Å². The molecule has 0 aliphatic carbocycles. The molecule has 0 aliphatic heterocycles. The number of hydrogen-bond acceptors (Lipinski definition) is 4. The van der Waals surface area contributed by atoms with Crippen molar-refractivity contribution in [1.82, 2.24) is 4.98 Å². The largest absolute Gasteiger partial charge is 0.352 e. The number of ketones is 1. The number of rotatable bonds is 4. The number of nitrogens with one attached hydrogen (secondary N) is 2. The fraction of sp³-hybridized carbons (Fsp3) is 0.231. The molecule has 0 unspecified atom stereocenters. The third-order valence-electron chi connectivity index (χ3n) is 2.80. The van der Waals surface area contributed by atoms with E-state index in [1.54, 1.807) is 31.2 Å². The van der Waals surface area contributed by atoms with Crippen molar-refractivity contribution in [2.24, 2.45) is 0 Å². The number of nitriles is 1. The molecule has 0 bridgehead atoms. The van der Waals surface area contributed by atoms with E-state index in [-0.39, 0.29) is 15.1 Å². The zero-order valence-corrected chi connectivity index (χ0v) is 11.8. The monoisotopic (exact) mass is 295 g/mol. The fourth-order valence-electron chi connectivity index (χ4n) is 1.92. The van der Waals surface area contributed by atoms with Gasteiger partial charge in [-0.3, -0.25) is 9.52 Å². The Morgan fingerprint density at radius 2 is 2.15 bits per heavy atom. The Labute approximate surface area is 119 Å². The lowest BCUT2D eigenvalue weighted by molar-refractivity contribution is 0.0994. The van der Waals surface area contributed by atoms with E-state index >= 15 is 0 Å². The zero-order chi connectivity index (χ0) is 14.9. The lowest BCUT2D eigenvalue weighted by atomic mass is 10.1. The summed E-state index contributed by atoms with van der Waals surface area (Å²) in [5.41, 5.74) is 2.20. The van der Waals surface area contributed by atoms with Crippen LogP contribution in [0.15, 0.2) is 18.2 Å². The molecule has 1 aromatic heterocycles. The number of benzene rings is 1. The van der Waals surface area contributed by atoms with Crippen LogP contribution in [-0.4, -0.2) is 25.4 Å². The summed E-state index contributed by atoms with van der Waals surface area (Å²) in [5, 5.41) is 9.32. The van der Waals surface area contributed by atoms with Gasteiger partial charge in [0.05, 0.1) is 23.7 Å². The molecule has 2 N–H and O–H groups in total. The number of carbonyl (C=O) groups is 1. The Bertz CT molecular complexity index is 838. The Balaban J connectivity index is 0.00000220. The lowest BCUT2D eigenvalue weighted by Crippen LogP contribution is -2.10. The van der Waals surface area contributed by atoms with Crippen LogP contribution >= 0.6 is 0 Å². The maximum absolute atomic E-state index is 11.6. The molecule has 1 heterocycles. The standard InChI is InChI=1S/C13H13N3O3S.2H2/c1-8-5-9-6-12(13(17)3-4-14)15-11(9)7-10(8)16-20(2,18)19;;/h5-7,15-16H,3H2,1-2H3;2*1H. The van der Waals surface area contributed by atoms with Gasteiger partial charge in [-0.05, 0) is 30.7 Å². The Kier molecular flexibility index (Phi) is 3.51. The van der Waals surface area contributed by atoms with Crippen LogP contribution in [0.4, 0.5) is 5.69 Å². The molecule has 2 aromatic rings. The number of sulfonamides is 1. The third-order valence-corrected chi connectivity index (χ3v) is 3.39. The van der Waals surface area contributed by atoms with Crippen molar-refractivity contribution >= 4 is 32.4 Å². The van der Waals surface area contributed by atoms with Crippen molar-refractivity contribution in [3.05, 3.63) is 29.5 Å². The second kappa shape index (κ2) is 4.98. The summed E-state index contributed by atoms with van der Waals surface area (Å²) in [7, 11) is -3.36. The molecule has 0 saturated heterocycles. The number of Topliss-reactive ketones (excluding diaryl/α,β-unsaturated/α-hetero) is 1. The Morgan fingerprint density at radius 1 is 1.45 bits per heavy atom. The van der Waals surface area contributed by atoms with E-state index in [4.69, 9.17) is 5.26 Å². The quantitative estimate of drug-likeness (QED) is 0.845. The highest BCUT2D eigenvalue weighted by molar-refractivity contribution is 7.92. The van der Waals surface area contributed by atoms with Gasteiger partial charge in [0.25, 0.3) is 0 Å². The van der Waals surface area contributed by atoms with Gasteiger partial charge in [-0.15, -0.1) is 0 Å². The molecule has 20 heavy (non-hydrogen) atoms. The van der Waals surface area contributed by atoms with Crippen molar-refractivity contribution < 1.29 is 16.1 Å². The third kappa shape index (κ3) is 2.97. The topological polar surface area (TPSA) is 103 Å². The van der Waals surface area contributed by atoms with Crippen LogP contribution in [0.3, 0.4) is 0 Å². The molecule has 6 nitrogen and oxygen atoms in total. The van der Waals surface area contributed by atoms with Crippen LogP contribution < -0.4 is 4.72 Å². The lowest BCUT2D eigenvalue weighted by Gasteiger charge is -2.07. The van der Waals surface area contributed by atoms with Gasteiger partial charge >= 0.3 is 0 Å². The average molecular weight is 295 g/mol. The molecular weight excluding hydrogens is 278 g/mol. The second-order valence-corrected chi connectivity index (χ2v) is 6.32. The number of fused-ring (bicyclic) bond motifs is 1. The van der Waals surface area contributed by atoms with Gasteiger partial charge in [0.2, 0.25) is 10.0 Å². The van der Waals surface area contributed by atoms with Crippen LogP contribution in [0.2, 0.25) is 0 Å². The van der Waals surface area contributed by atoms with Gasteiger partial charge in [0.1, 0.15) is 6.42 Å². The fourth-order valence-corrected chi connectivity index (χ4v) is 2.54. The van der Waals surface area contributed by atoms with Crippen LogP contribution in [0.1, 0.15) is 25.3 Å². The van der Waals surface area contributed by atoms with Gasteiger partial charge in [0, 0.05) is 13.8 Å². The van der Waals surface area contributed by atoms with E-state index in [2.05, 4.69) is 9.71 Å². The normalized spacial score (nSPS) is 11.2. The first-order chi connectivity index (χ1) is 9.30. The molecule has 2 rings (SSSR count). The minimum atomic E-state index is -3.36. The summed E-state index contributed by atoms with van der Waals surface area (Å²) in [5.74, 6) is -0.293. The predicted molar refractivity (Wildman–Crippen MR) is 80.3 cm³/mol. The van der Waals surface area contributed by atoms with Gasteiger partial charge in [-0.1, -0.05) is 0 Å². The summed E-state index contributed by atoms with van der Waals surface area (Å²) >= 11 is 0. The highest BCUT2D eigenvalue weighted by Crippen LogP contribution is 2.25. The van der Waals surface area contributed by atoms with Crippen LogP contribution in [-0.2, 0) is 10.0 Å². The number of hydrogen-bond donors (Lipinski definition) is 2. The maximum Gasteiger partial charge on any atom is 0.229 e. The first-order valence-corrected chi connectivity index (χ1v) is 7.70. The zero-order valence-electron chi connectivity index (χ0n) is 11.0. The summed E-state index contributed by atoms with van der Waals surface area (Å²) in [4.78, 5) is 14.5. The van der Waals surface area contributed by atoms with E-state index < -0.39 is 10.0 Å². The number of carbonyl (C=O) groups excluding carboxylic acids is 1. The SMILES string of the molecule is Cc1cc2cc(C(=O)CC#N)[nH]c2cc1NS(C)(=O)=O.[HH].[HH]. The first-order valence-electron chi connectivity index (χ1n) is 5.81. The molecule has 0 atom stereocenters. The molecular formula is C13H17N3O3S. The van der Waals surface area contributed by atoms with Crippen LogP contribution in [0.25, 0.3) is 10.9 Å². The van der Waals surface area contributed by atoms with Crippen LogP contribution in [0.5, 0.6) is 0 Å².